The first-order chi connectivity index (χ1) is 7.79. The Hall–Kier alpha value is -0.840. The van der Waals surface area contributed by atoms with E-state index in [0.717, 1.165) is 4.34 Å². The highest BCUT2D eigenvalue weighted by atomic mass is 32.2. The second-order valence-corrected chi connectivity index (χ2v) is 5.90. The lowest BCUT2D eigenvalue weighted by Gasteiger charge is -2.13. The summed E-state index contributed by atoms with van der Waals surface area (Å²) in [6.07, 6.45) is 1.83. The van der Waals surface area contributed by atoms with Gasteiger partial charge < -0.3 is 5.73 Å². The molecule has 1 atom stereocenters. The number of aromatic nitrogens is 1. The number of thioether (sulfide) groups is 1. The molecule has 2 rings (SSSR count). The molecule has 0 fully saturated rings. The van der Waals surface area contributed by atoms with E-state index in [-0.39, 0.29) is 0 Å². The van der Waals surface area contributed by atoms with Crippen LogP contribution >= 0.6 is 23.1 Å². The minimum Gasteiger partial charge on any atom is -0.329 e. The van der Waals surface area contributed by atoms with Crippen molar-refractivity contribution in [2.45, 2.75) is 16.5 Å². The molecule has 2 aromatic rings. The van der Waals surface area contributed by atoms with Crippen LogP contribution < -0.4 is 5.73 Å². The van der Waals surface area contributed by atoms with Crippen LogP contribution in [-0.4, -0.2) is 11.5 Å². The maximum Gasteiger partial charge on any atom is 0.150 e. The molecule has 0 aliphatic heterocycles. The van der Waals surface area contributed by atoms with Gasteiger partial charge in [0.25, 0.3) is 0 Å². The Morgan fingerprint density at radius 2 is 2.38 bits per heavy atom. The molecule has 4 heteroatoms. The molecule has 2 N–H and O–H groups in total. The Morgan fingerprint density at radius 3 is 3.00 bits per heavy atom. The maximum atomic E-state index is 5.83. The third kappa shape index (κ3) is 2.84. The Kier molecular flexibility index (Phi) is 3.98. The summed E-state index contributed by atoms with van der Waals surface area (Å²) in [6.45, 7) is 2.73. The summed E-state index contributed by atoms with van der Waals surface area (Å²) >= 11 is 3.40. The SMILES string of the molecule is Cc1cccc(C(CN)Sc2nccs2)c1. The second kappa shape index (κ2) is 5.48. The molecule has 0 saturated carbocycles. The molecular weight excluding hydrogens is 236 g/mol. The van der Waals surface area contributed by atoms with Crippen LogP contribution in [0.4, 0.5) is 0 Å². The molecule has 84 valence electrons. The highest BCUT2D eigenvalue weighted by Gasteiger charge is 2.12. The molecule has 2 nitrogen and oxygen atoms in total. The third-order valence-corrected chi connectivity index (χ3v) is 4.48. The number of rotatable bonds is 4. The van der Waals surface area contributed by atoms with Crippen LogP contribution in [0.2, 0.25) is 0 Å². The highest BCUT2D eigenvalue weighted by Crippen LogP contribution is 2.35. The number of nitrogens with two attached hydrogens (primary N) is 1. The molecule has 1 aromatic carbocycles. The van der Waals surface area contributed by atoms with Gasteiger partial charge in [-0.15, -0.1) is 11.3 Å². The lowest BCUT2D eigenvalue weighted by Crippen LogP contribution is -2.09. The normalized spacial score (nSPS) is 12.6. The van der Waals surface area contributed by atoms with E-state index < -0.39 is 0 Å². The van der Waals surface area contributed by atoms with Crippen molar-refractivity contribution in [3.05, 3.63) is 47.0 Å². The maximum absolute atomic E-state index is 5.83. The summed E-state index contributed by atoms with van der Waals surface area (Å²) in [4.78, 5) is 4.28. The monoisotopic (exact) mass is 250 g/mol. The first-order valence-corrected chi connectivity index (χ1v) is 6.88. The first kappa shape index (κ1) is 11.6. The van der Waals surface area contributed by atoms with Crippen LogP contribution in [-0.2, 0) is 0 Å². The van der Waals surface area contributed by atoms with Crippen molar-refractivity contribution in [2.24, 2.45) is 5.73 Å². The Bertz CT molecular complexity index is 440. The molecule has 0 spiro atoms. The fourth-order valence-electron chi connectivity index (χ4n) is 1.51. The number of benzene rings is 1. The molecule has 1 aromatic heterocycles. The van der Waals surface area contributed by atoms with E-state index in [4.69, 9.17) is 5.73 Å². The van der Waals surface area contributed by atoms with Crippen LogP contribution in [0.25, 0.3) is 0 Å². The molecule has 1 heterocycles. The zero-order chi connectivity index (χ0) is 11.4. The predicted octanol–water partition coefficient (Wildman–Crippen LogP) is 3.24. The lowest BCUT2D eigenvalue weighted by molar-refractivity contribution is 0.937. The number of nitrogens with zero attached hydrogens (tertiary/aromatic N) is 1. The Balaban J connectivity index is 2.16. The summed E-state index contributed by atoms with van der Waals surface area (Å²) in [5.41, 5.74) is 8.38. The van der Waals surface area contributed by atoms with Gasteiger partial charge in [0.1, 0.15) is 4.34 Å². The van der Waals surface area contributed by atoms with E-state index in [0.29, 0.717) is 11.8 Å². The van der Waals surface area contributed by atoms with Crippen LogP contribution in [0.3, 0.4) is 0 Å². The van der Waals surface area contributed by atoms with Crippen LogP contribution in [0.5, 0.6) is 0 Å². The van der Waals surface area contributed by atoms with Gasteiger partial charge in [-0.05, 0) is 12.5 Å². The third-order valence-electron chi connectivity index (χ3n) is 2.28. The van der Waals surface area contributed by atoms with Crippen LogP contribution in [0, 0.1) is 6.92 Å². The van der Waals surface area contributed by atoms with E-state index in [9.17, 15) is 0 Å². The van der Waals surface area contributed by atoms with Crippen molar-refractivity contribution < 1.29 is 0 Å². The minimum absolute atomic E-state index is 0.297. The molecule has 16 heavy (non-hydrogen) atoms. The van der Waals surface area contributed by atoms with Gasteiger partial charge in [-0.2, -0.15) is 0 Å². The van der Waals surface area contributed by atoms with Gasteiger partial charge in [0.15, 0.2) is 0 Å². The van der Waals surface area contributed by atoms with Gasteiger partial charge in [-0.25, -0.2) is 4.98 Å². The van der Waals surface area contributed by atoms with Gasteiger partial charge >= 0.3 is 0 Å². The van der Waals surface area contributed by atoms with Crippen molar-refractivity contribution >= 4 is 23.1 Å². The van der Waals surface area contributed by atoms with Gasteiger partial charge in [-0.1, -0.05) is 41.6 Å². The number of aryl methyl sites for hydroxylation is 1. The van der Waals surface area contributed by atoms with Crippen molar-refractivity contribution in [1.82, 2.24) is 4.98 Å². The largest absolute Gasteiger partial charge is 0.329 e. The summed E-state index contributed by atoms with van der Waals surface area (Å²) in [6, 6.07) is 8.50. The van der Waals surface area contributed by atoms with E-state index in [1.165, 1.54) is 11.1 Å². The number of thiazole rings is 1. The summed E-state index contributed by atoms with van der Waals surface area (Å²) < 4.78 is 1.08. The first-order valence-electron chi connectivity index (χ1n) is 5.12. The van der Waals surface area contributed by atoms with E-state index in [1.54, 1.807) is 23.1 Å². The fraction of sp³-hybridized carbons (Fsp3) is 0.250. The van der Waals surface area contributed by atoms with E-state index >= 15 is 0 Å². The zero-order valence-electron chi connectivity index (χ0n) is 9.09. The Morgan fingerprint density at radius 1 is 1.50 bits per heavy atom. The zero-order valence-corrected chi connectivity index (χ0v) is 10.7. The van der Waals surface area contributed by atoms with Gasteiger partial charge in [0.05, 0.1) is 0 Å². The number of hydrogen-bond acceptors (Lipinski definition) is 4. The van der Waals surface area contributed by atoms with Crippen molar-refractivity contribution in [3.63, 3.8) is 0 Å². The molecular formula is C12H14N2S2. The predicted molar refractivity (Wildman–Crippen MR) is 70.9 cm³/mol. The van der Waals surface area contributed by atoms with Crippen molar-refractivity contribution in [3.8, 4) is 0 Å². The topological polar surface area (TPSA) is 38.9 Å². The quantitative estimate of drug-likeness (QED) is 0.847. The fourth-order valence-corrected chi connectivity index (χ4v) is 3.35. The van der Waals surface area contributed by atoms with Gasteiger partial charge in [0.2, 0.25) is 0 Å². The highest BCUT2D eigenvalue weighted by molar-refractivity contribution is 8.01. The molecule has 0 bridgehead atoms. The number of hydrogen-bond donors (Lipinski definition) is 1. The lowest BCUT2D eigenvalue weighted by atomic mass is 10.1. The van der Waals surface area contributed by atoms with Crippen LogP contribution in [0.15, 0.2) is 40.2 Å². The average Bonchev–Trinajstić information content (AvgIpc) is 2.78. The van der Waals surface area contributed by atoms with Crippen molar-refractivity contribution in [2.75, 3.05) is 6.54 Å². The smallest absolute Gasteiger partial charge is 0.150 e. The standard InChI is InChI=1S/C12H14N2S2/c1-9-3-2-4-10(7-9)11(8-13)16-12-14-5-6-15-12/h2-7,11H,8,13H2,1H3. The van der Waals surface area contributed by atoms with Crippen molar-refractivity contribution in [1.29, 1.82) is 0 Å². The van der Waals surface area contributed by atoms with Gasteiger partial charge in [0, 0.05) is 23.4 Å². The molecule has 0 aliphatic rings. The van der Waals surface area contributed by atoms with Crippen LogP contribution in [0.1, 0.15) is 16.4 Å². The van der Waals surface area contributed by atoms with Gasteiger partial charge in [-0.3, -0.25) is 0 Å². The van der Waals surface area contributed by atoms with E-state index in [2.05, 4.69) is 36.2 Å². The molecule has 0 radical (unpaired) electrons. The molecule has 0 aliphatic carbocycles. The van der Waals surface area contributed by atoms with E-state index in [1.807, 2.05) is 11.6 Å². The Labute approximate surface area is 104 Å². The minimum atomic E-state index is 0.297. The summed E-state index contributed by atoms with van der Waals surface area (Å²) in [5, 5.41) is 2.29. The second-order valence-electron chi connectivity index (χ2n) is 3.55. The molecule has 1 unspecified atom stereocenters. The molecule has 0 amide bonds. The molecule has 0 saturated heterocycles. The summed E-state index contributed by atoms with van der Waals surface area (Å²) in [5.74, 6) is 0. The summed E-state index contributed by atoms with van der Waals surface area (Å²) in [7, 11) is 0. The average molecular weight is 250 g/mol.